The summed E-state index contributed by atoms with van der Waals surface area (Å²) in [7, 11) is 1.42. The van der Waals surface area contributed by atoms with Gasteiger partial charge in [-0.05, 0) is 81.0 Å². The first kappa shape index (κ1) is 35.9. The molecule has 1 aromatic heterocycles. The molecule has 11 nitrogen and oxygen atoms in total. The van der Waals surface area contributed by atoms with Gasteiger partial charge in [0.15, 0.2) is 18.1 Å². The minimum Gasteiger partial charge on any atom is -0.493 e. The Morgan fingerprint density at radius 1 is 0.917 bits per heavy atom. The zero-order chi connectivity index (χ0) is 34.8. The topological polar surface area (TPSA) is 139 Å². The number of rotatable bonds is 13. The summed E-state index contributed by atoms with van der Waals surface area (Å²) < 4.78 is 30.0. The summed E-state index contributed by atoms with van der Waals surface area (Å²) in [5, 5.41) is 15.0. The zero-order valence-corrected chi connectivity index (χ0v) is 27.9. The highest BCUT2D eigenvalue weighted by Crippen LogP contribution is 2.48. The third kappa shape index (κ3) is 8.69. The number of carboxylic acid groups (broad SMARTS) is 1. The average molecular weight is 681 g/mol. The molecule has 254 valence electrons. The van der Waals surface area contributed by atoms with Gasteiger partial charge in [0.25, 0.3) is 0 Å². The van der Waals surface area contributed by atoms with E-state index in [-0.39, 0.29) is 28.0 Å². The third-order valence-corrected chi connectivity index (χ3v) is 8.22. The van der Waals surface area contributed by atoms with Crippen LogP contribution in [0.2, 0.25) is 5.02 Å². The van der Waals surface area contributed by atoms with Crippen molar-refractivity contribution >= 4 is 51.7 Å². The average Bonchev–Trinajstić information content (AvgIpc) is 3.90. The Balaban J connectivity index is 0.000000671. The molecule has 1 heterocycles. The number of carboxylic acids is 1. The number of nitrogens with zero attached hydrogens (tertiary/aromatic N) is 2. The van der Waals surface area contributed by atoms with Crippen LogP contribution < -0.4 is 24.8 Å². The molecule has 0 aliphatic heterocycles. The normalized spacial score (nSPS) is 12.8. The number of ether oxygens (including phenoxy) is 3. The number of methoxy groups -OCH3 is 1. The van der Waals surface area contributed by atoms with Crippen LogP contribution >= 0.6 is 11.6 Å². The van der Waals surface area contributed by atoms with Crippen LogP contribution in [0, 0.1) is 11.2 Å². The number of carbonyl (C=O) groups is 3. The van der Waals surface area contributed by atoms with Crippen LogP contribution in [0.25, 0.3) is 10.9 Å². The predicted octanol–water partition coefficient (Wildman–Crippen LogP) is 7.00. The van der Waals surface area contributed by atoms with Crippen molar-refractivity contribution in [3.05, 3.63) is 77.7 Å². The molecule has 3 aromatic carbocycles. The fourth-order valence-corrected chi connectivity index (χ4v) is 5.02. The second-order valence-corrected chi connectivity index (χ2v) is 11.2. The molecule has 1 fully saturated rings. The maximum Gasteiger partial charge on any atom is 0.341 e. The van der Waals surface area contributed by atoms with E-state index in [0.717, 1.165) is 0 Å². The van der Waals surface area contributed by atoms with E-state index in [0.29, 0.717) is 35.2 Å². The van der Waals surface area contributed by atoms with Crippen molar-refractivity contribution in [2.75, 3.05) is 44.0 Å². The van der Waals surface area contributed by atoms with Gasteiger partial charge in [-0.25, -0.2) is 9.18 Å². The SMILES string of the molecule is CCN(CC)CC.COc1cc2c(Oc3cccc(NC(=O)C4(C(=O)Nc5ccc(F)cc5)CC4)c3Cl)ccnc2cc1OCC(=O)O. The van der Waals surface area contributed by atoms with Gasteiger partial charge in [-0.2, -0.15) is 0 Å². The number of pyridine rings is 1. The van der Waals surface area contributed by atoms with Crippen molar-refractivity contribution < 1.29 is 38.1 Å². The maximum atomic E-state index is 13.2. The predicted molar refractivity (Wildman–Crippen MR) is 182 cm³/mol. The molecular formula is C35H38ClFN4O7. The lowest BCUT2D eigenvalue weighted by Crippen LogP contribution is -2.35. The smallest absolute Gasteiger partial charge is 0.341 e. The quantitative estimate of drug-likeness (QED) is 0.127. The Morgan fingerprint density at radius 3 is 2.17 bits per heavy atom. The van der Waals surface area contributed by atoms with Gasteiger partial charge in [0.05, 0.1) is 18.3 Å². The number of amides is 2. The summed E-state index contributed by atoms with van der Waals surface area (Å²) in [4.78, 5) is 43.7. The summed E-state index contributed by atoms with van der Waals surface area (Å²) >= 11 is 6.61. The standard InChI is InChI=1S/C29H23ClFN3O7.C6H15N/c1-39-23-13-18-20(14-24(23)40-15-25(35)36)32-12-9-21(18)41-22-4-2-3-19(26(22)30)34-28(38)29(10-11-29)27(37)33-17-7-5-16(31)6-8-17;1-4-7(5-2)6-3/h2-9,12-14H,10-11,15H2,1H3,(H,33,37)(H,34,38)(H,35,36);4-6H2,1-3H3. The molecule has 13 heteroatoms. The first-order valence-electron chi connectivity index (χ1n) is 15.4. The summed E-state index contributed by atoms with van der Waals surface area (Å²) in [6.07, 6.45) is 2.20. The van der Waals surface area contributed by atoms with Crippen molar-refractivity contribution in [2.24, 2.45) is 5.41 Å². The first-order valence-corrected chi connectivity index (χ1v) is 15.8. The van der Waals surface area contributed by atoms with E-state index < -0.39 is 35.6 Å². The minimum atomic E-state index is -1.27. The van der Waals surface area contributed by atoms with Crippen LogP contribution in [0.1, 0.15) is 33.6 Å². The van der Waals surface area contributed by atoms with E-state index in [1.165, 1.54) is 63.3 Å². The highest BCUT2D eigenvalue weighted by Gasteiger charge is 2.56. The van der Waals surface area contributed by atoms with Gasteiger partial charge < -0.3 is 34.9 Å². The molecule has 0 spiro atoms. The largest absolute Gasteiger partial charge is 0.493 e. The summed E-state index contributed by atoms with van der Waals surface area (Å²) in [5.41, 5.74) is -0.194. The Morgan fingerprint density at radius 2 is 1.58 bits per heavy atom. The Hall–Kier alpha value is -4.94. The summed E-state index contributed by atoms with van der Waals surface area (Å²) in [5.74, 6) is -1.53. The molecule has 0 radical (unpaired) electrons. The molecule has 2 amide bonds. The lowest BCUT2D eigenvalue weighted by molar-refractivity contribution is -0.139. The highest BCUT2D eigenvalue weighted by atomic mass is 35.5. The Kier molecular flexibility index (Phi) is 12.2. The highest BCUT2D eigenvalue weighted by molar-refractivity contribution is 6.35. The van der Waals surface area contributed by atoms with E-state index >= 15 is 0 Å². The number of benzene rings is 3. The lowest BCUT2D eigenvalue weighted by atomic mass is 10.0. The van der Waals surface area contributed by atoms with Crippen LogP contribution in [0.4, 0.5) is 15.8 Å². The minimum absolute atomic E-state index is 0.105. The molecule has 1 saturated carbocycles. The maximum absolute atomic E-state index is 13.2. The molecule has 1 aliphatic rings. The number of hydrogen-bond acceptors (Lipinski definition) is 8. The first-order chi connectivity index (χ1) is 23.0. The van der Waals surface area contributed by atoms with Crippen LogP contribution in [-0.2, 0) is 14.4 Å². The molecule has 4 aromatic rings. The number of aromatic nitrogens is 1. The van der Waals surface area contributed by atoms with E-state index in [4.69, 9.17) is 30.9 Å². The van der Waals surface area contributed by atoms with E-state index in [1.807, 2.05) is 0 Å². The van der Waals surface area contributed by atoms with Crippen LogP contribution in [-0.4, -0.2) is 66.1 Å². The molecule has 3 N–H and O–H groups in total. The number of hydrogen-bond donors (Lipinski definition) is 3. The van der Waals surface area contributed by atoms with Crippen molar-refractivity contribution in [3.63, 3.8) is 0 Å². The van der Waals surface area contributed by atoms with Gasteiger partial charge in [-0.3, -0.25) is 14.6 Å². The second-order valence-electron chi connectivity index (χ2n) is 10.8. The van der Waals surface area contributed by atoms with Crippen LogP contribution in [0.3, 0.4) is 0 Å². The number of nitrogens with one attached hydrogen (secondary N) is 2. The fourth-order valence-electron chi connectivity index (χ4n) is 4.81. The lowest BCUT2D eigenvalue weighted by Gasteiger charge is -2.17. The van der Waals surface area contributed by atoms with E-state index in [1.54, 1.807) is 30.3 Å². The number of aliphatic carboxylic acids is 1. The second kappa shape index (κ2) is 16.2. The van der Waals surface area contributed by atoms with Gasteiger partial charge >= 0.3 is 5.97 Å². The number of halogens is 2. The molecule has 0 bridgehead atoms. The van der Waals surface area contributed by atoms with Gasteiger partial charge in [0.2, 0.25) is 11.8 Å². The van der Waals surface area contributed by atoms with Crippen molar-refractivity contribution in [3.8, 4) is 23.0 Å². The van der Waals surface area contributed by atoms with E-state index in [2.05, 4.69) is 41.3 Å². The molecule has 48 heavy (non-hydrogen) atoms. The van der Waals surface area contributed by atoms with Gasteiger partial charge in [0, 0.05) is 23.3 Å². The number of carbonyl (C=O) groups excluding carboxylic acids is 2. The third-order valence-electron chi connectivity index (χ3n) is 7.83. The van der Waals surface area contributed by atoms with Crippen LogP contribution in [0.5, 0.6) is 23.0 Å². The van der Waals surface area contributed by atoms with Crippen molar-refractivity contribution in [2.45, 2.75) is 33.6 Å². The monoisotopic (exact) mass is 680 g/mol. The molecule has 0 unspecified atom stereocenters. The van der Waals surface area contributed by atoms with Crippen molar-refractivity contribution in [1.82, 2.24) is 9.88 Å². The molecule has 5 rings (SSSR count). The molecule has 1 aliphatic carbocycles. The number of fused-ring (bicyclic) bond motifs is 1. The summed E-state index contributed by atoms with van der Waals surface area (Å²) in [6.45, 7) is 9.57. The molecule has 0 atom stereocenters. The molecular weight excluding hydrogens is 643 g/mol. The summed E-state index contributed by atoms with van der Waals surface area (Å²) in [6, 6.07) is 14.9. The fraction of sp³-hybridized carbons (Fsp3) is 0.314. The zero-order valence-electron chi connectivity index (χ0n) is 27.1. The van der Waals surface area contributed by atoms with Crippen molar-refractivity contribution in [1.29, 1.82) is 0 Å². The Bertz CT molecular complexity index is 1760. The molecule has 0 saturated heterocycles. The number of anilines is 2. The van der Waals surface area contributed by atoms with E-state index in [9.17, 15) is 18.8 Å². The van der Waals surface area contributed by atoms with Gasteiger partial charge in [-0.1, -0.05) is 38.4 Å². The van der Waals surface area contributed by atoms with Gasteiger partial charge in [0.1, 0.15) is 27.8 Å². The van der Waals surface area contributed by atoms with Gasteiger partial charge in [-0.15, -0.1) is 0 Å². The Labute approximate surface area is 283 Å². The van der Waals surface area contributed by atoms with Crippen LogP contribution in [0.15, 0.2) is 66.9 Å².